The van der Waals surface area contributed by atoms with Crippen molar-refractivity contribution in [1.82, 2.24) is 15.1 Å². The molecule has 2 rings (SSSR count). The van der Waals surface area contributed by atoms with Crippen LogP contribution in [0.1, 0.15) is 66.2 Å². The molecule has 8 nitrogen and oxygen atoms in total. The van der Waals surface area contributed by atoms with Crippen LogP contribution < -0.4 is 5.32 Å². The number of rotatable bonds is 8. The lowest BCUT2D eigenvalue weighted by Gasteiger charge is -2.40. The van der Waals surface area contributed by atoms with Crippen LogP contribution in [0, 0.1) is 5.92 Å². The van der Waals surface area contributed by atoms with Gasteiger partial charge >= 0.3 is 12.1 Å². The third-order valence-corrected chi connectivity index (χ3v) is 5.34. The second kappa shape index (κ2) is 11.4. The van der Waals surface area contributed by atoms with Crippen molar-refractivity contribution >= 4 is 18.0 Å². The van der Waals surface area contributed by atoms with E-state index in [0.29, 0.717) is 31.9 Å². The summed E-state index contributed by atoms with van der Waals surface area (Å²) in [5.41, 5.74) is -0.477. The van der Waals surface area contributed by atoms with Gasteiger partial charge in [-0.25, -0.2) is 4.79 Å². The lowest BCUT2D eigenvalue weighted by Crippen LogP contribution is -2.52. The van der Waals surface area contributed by atoms with Crippen molar-refractivity contribution in [1.29, 1.82) is 0 Å². The Hall–Kier alpha value is -1.99. The molecule has 0 bridgehead atoms. The molecule has 0 aromatic rings. The minimum atomic E-state index is -0.477. The summed E-state index contributed by atoms with van der Waals surface area (Å²) in [6.45, 7) is 11.2. The van der Waals surface area contributed by atoms with Crippen molar-refractivity contribution < 1.29 is 19.1 Å². The number of amides is 1. The highest BCUT2D eigenvalue weighted by atomic mass is 16.6. The zero-order valence-corrected chi connectivity index (χ0v) is 19.4. The fourth-order valence-electron chi connectivity index (χ4n) is 3.66. The van der Waals surface area contributed by atoms with Crippen LogP contribution in [0.3, 0.4) is 0 Å². The first kappa shape index (κ1) is 24.3. The minimum Gasteiger partial charge on any atom is -0.466 e. The highest BCUT2D eigenvalue weighted by Gasteiger charge is 2.35. The van der Waals surface area contributed by atoms with Crippen molar-refractivity contribution in [2.24, 2.45) is 10.9 Å². The number of likely N-dealkylation sites (tertiary alicyclic amines) is 1. The van der Waals surface area contributed by atoms with Gasteiger partial charge in [0.05, 0.1) is 6.61 Å². The zero-order valence-electron chi connectivity index (χ0n) is 19.4. The van der Waals surface area contributed by atoms with Gasteiger partial charge in [0, 0.05) is 45.7 Å². The second-order valence-electron chi connectivity index (χ2n) is 9.18. The molecule has 0 radical (unpaired) electrons. The number of nitrogens with zero attached hydrogens (tertiary/aromatic N) is 3. The van der Waals surface area contributed by atoms with Crippen LogP contribution >= 0.6 is 0 Å². The molecule has 1 saturated heterocycles. The summed E-state index contributed by atoms with van der Waals surface area (Å²) in [5, 5.41) is 3.34. The molecule has 8 heteroatoms. The van der Waals surface area contributed by atoms with E-state index in [1.165, 1.54) is 12.8 Å². The highest BCUT2D eigenvalue weighted by Crippen LogP contribution is 2.32. The smallest absolute Gasteiger partial charge is 0.410 e. The molecule has 1 aliphatic heterocycles. The van der Waals surface area contributed by atoms with Crippen LogP contribution in [0.2, 0.25) is 0 Å². The van der Waals surface area contributed by atoms with Crippen molar-refractivity contribution in [3.63, 3.8) is 0 Å². The molecule has 1 N–H and O–H groups in total. The predicted molar refractivity (Wildman–Crippen MR) is 117 cm³/mol. The largest absolute Gasteiger partial charge is 0.466 e. The number of esters is 1. The quantitative estimate of drug-likeness (QED) is 0.279. The van der Waals surface area contributed by atoms with E-state index in [1.807, 2.05) is 32.6 Å². The van der Waals surface area contributed by atoms with Gasteiger partial charge in [-0.1, -0.05) is 0 Å². The van der Waals surface area contributed by atoms with E-state index in [-0.39, 0.29) is 18.1 Å². The molecular formula is C22H40N4O4. The van der Waals surface area contributed by atoms with E-state index >= 15 is 0 Å². The lowest BCUT2D eigenvalue weighted by molar-refractivity contribution is -0.143. The Balaban J connectivity index is 1.81. The topological polar surface area (TPSA) is 83.5 Å². The van der Waals surface area contributed by atoms with E-state index in [2.05, 4.69) is 15.2 Å². The number of ether oxygens (including phenoxy) is 2. The molecule has 0 spiro atoms. The number of piperidine rings is 1. The molecule has 0 aromatic heterocycles. The average Bonchev–Trinajstić information content (AvgIpc) is 3.49. The Morgan fingerprint density at radius 3 is 2.37 bits per heavy atom. The number of carbonyl (C=O) groups excluding carboxylic acids is 2. The molecule has 0 atom stereocenters. The van der Waals surface area contributed by atoms with Crippen molar-refractivity contribution in [3.05, 3.63) is 0 Å². The number of guanidine groups is 1. The summed E-state index contributed by atoms with van der Waals surface area (Å²) in [6.07, 6.45) is 5.15. The van der Waals surface area contributed by atoms with Gasteiger partial charge in [-0.2, -0.15) is 0 Å². The Morgan fingerprint density at radius 2 is 1.83 bits per heavy atom. The SMILES string of the molecule is CCOC(=O)CCCNC(=NC)N1CCC(N(CC2CC2)C(=O)OC(C)(C)C)CC1. The van der Waals surface area contributed by atoms with Crippen LogP contribution in [-0.4, -0.2) is 79.3 Å². The molecule has 1 aliphatic carbocycles. The first-order chi connectivity index (χ1) is 14.2. The molecule has 30 heavy (non-hydrogen) atoms. The Kier molecular flexibility index (Phi) is 9.24. The summed E-state index contributed by atoms with van der Waals surface area (Å²) >= 11 is 0. The summed E-state index contributed by atoms with van der Waals surface area (Å²) in [4.78, 5) is 32.8. The predicted octanol–water partition coefficient (Wildman–Crippen LogP) is 3.02. The molecule has 2 fully saturated rings. The fourth-order valence-corrected chi connectivity index (χ4v) is 3.66. The number of carbonyl (C=O) groups is 2. The molecule has 2 aliphatic rings. The van der Waals surface area contributed by atoms with Gasteiger partial charge in [0.25, 0.3) is 0 Å². The van der Waals surface area contributed by atoms with E-state index in [1.54, 1.807) is 7.05 Å². The molecule has 1 heterocycles. The highest BCUT2D eigenvalue weighted by molar-refractivity contribution is 5.80. The third-order valence-electron chi connectivity index (χ3n) is 5.34. The van der Waals surface area contributed by atoms with Crippen LogP contribution in [0.4, 0.5) is 4.79 Å². The summed E-state index contributed by atoms with van der Waals surface area (Å²) in [6, 6.07) is 0.207. The second-order valence-corrected chi connectivity index (χ2v) is 9.18. The first-order valence-electron chi connectivity index (χ1n) is 11.3. The third kappa shape index (κ3) is 8.40. The van der Waals surface area contributed by atoms with Gasteiger partial charge in [-0.15, -0.1) is 0 Å². The van der Waals surface area contributed by atoms with Gasteiger partial charge in [-0.05, 0) is 65.7 Å². The molecule has 1 amide bonds. The summed E-state index contributed by atoms with van der Waals surface area (Å²) < 4.78 is 10.6. The number of hydrogen-bond donors (Lipinski definition) is 1. The van der Waals surface area contributed by atoms with Crippen LogP contribution in [0.25, 0.3) is 0 Å². The summed E-state index contributed by atoms with van der Waals surface area (Å²) in [7, 11) is 1.78. The molecule has 0 aromatic carbocycles. The van der Waals surface area contributed by atoms with Crippen LogP contribution in [0.5, 0.6) is 0 Å². The molecular weight excluding hydrogens is 384 g/mol. The first-order valence-corrected chi connectivity index (χ1v) is 11.3. The molecule has 172 valence electrons. The fraction of sp³-hybridized carbons (Fsp3) is 0.864. The van der Waals surface area contributed by atoms with E-state index < -0.39 is 5.60 Å². The summed E-state index contributed by atoms with van der Waals surface area (Å²) in [5.74, 6) is 1.32. The maximum Gasteiger partial charge on any atom is 0.410 e. The van der Waals surface area contributed by atoms with E-state index in [9.17, 15) is 9.59 Å². The van der Waals surface area contributed by atoms with Crippen molar-refractivity contribution in [3.8, 4) is 0 Å². The molecule has 1 saturated carbocycles. The number of aliphatic imine (C=N–C) groups is 1. The van der Waals surface area contributed by atoms with Gasteiger partial charge in [0.2, 0.25) is 0 Å². The maximum absolute atomic E-state index is 12.8. The Bertz CT molecular complexity index is 590. The van der Waals surface area contributed by atoms with Gasteiger partial charge in [-0.3, -0.25) is 9.79 Å². The van der Waals surface area contributed by atoms with Crippen molar-refractivity contribution in [2.75, 3.05) is 39.8 Å². The maximum atomic E-state index is 12.8. The number of nitrogens with one attached hydrogen (secondary N) is 1. The van der Waals surface area contributed by atoms with Gasteiger partial charge in [0.1, 0.15) is 5.60 Å². The van der Waals surface area contributed by atoms with Crippen molar-refractivity contribution in [2.45, 2.75) is 77.9 Å². The normalized spacial score (nSPS) is 18.2. The Morgan fingerprint density at radius 1 is 1.17 bits per heavy atom. The van der Waals surface area contributed by atoms with E-state index in [4.69, 9.17) is 9.47 Å². The van der Waals surface area contributed by atoms with Gasteiger partial charge < -0.3 is 24.6 Å². The standard InChI is InChI=1S/C22H40N4O4/c1-6-29-19(27)8-7-13-24-20(23-5)25-14-11-18(12-15-25)26(16-17-9-10-17)21(28)30-22(2,3)4/h17-18H,6-16H2,1-5H3,(H,23,24). The average molecular weight is 425 g/mol. The molecule has 0 unspecified atom stereocenters. The zero-order chi connectivity index (χ0) is 22.1. The number of hydrogen-bond acceptors (Lipinski definition) is 5. The van der Waals surface area contributed by atoms with Crippen LogP contribution in [0.15, 0.2) is 4.99 Å². The van der Waals surface area contributed by atoms with Gasteiger partial charge in [0.15, 0.2) is 5.96 Å². The van der Waals surface area contributed by atoms with Crippen LogP contribution in [-0.2, 0) is 14.3 Å². The lowest BCUT2D eigenvalue weighted by atomic mass is 10.0. The minimum absolute atomic E-state index is 0.159. The Labute approximate surface area is 181 Å². The monoisotopic (exact) mass is 424 g/mol. The van der Waals surface area contributed by atoms with E-state index in [0.717, 1.165) is 38.4 Å².